The SMILES string of the molecule is N#CC(C#N)=NCc1ccc(-c2ncc(F)cn2)cc1. The first-order chi connectivity index (χ1) is 9.72. The molecule has 0 unspecified atom stereocenters. The van der Waals surface area contributed by atoms with E-state index in [1.807, 2.05) is 0 Å². The number of benzene rings is 1. The molecule has 0 aliphatic heterocycles. The minimum atomic E-state index is -0.486. The third-order valence-corrected chi connectivity index (χ3v) is 2.46. The van der Waals surface area contributed by atoms with Gasteiger partial charge >= 0.3 is 0 Å². The fourth-order valence-corrected chi connectivity index (χ4v) is 1.49. The van der Waals surface area contributed by atoms with E-state index in [4.69, 9.17) is 10.5 Å². The molecule has 0 atom stereocenters. The standard InChI is InChI=1S/C14H8FN5/c15-12-8-19-14(20-9-12)11-3-1-10(2-4-11)7-18-13(5-16)6-17/h1-4,8-9H,7H2. The summed E-state index contributed by atoms with van der Waals surface area (Å²) in [5.74, 6) is -0.0589. The third-order valence-electron chi connectivity index (χ3n) is 2.46. The van der Waals surface area contributed by atoms with Crippen molar-refractivity contribution < 1.29 is 4.39 Å². The summed E-state index contributed by atoms with van der Waals surface area (Å²) in [7, 11) is 0. The van der Waals surface area contributed by atoms with E-state index < -0.39 is 5.82 Å². The Morgan fingerprint density at radius 1 is 1.10 bits per heavy atom. The Hall–Kier alpha value is -3.12. The van der Waals surface area contributed by atoms with Crippen LogP contribution in [0.2, 0.25) is 0 Å². The van der Waals surface area contributed by atoms with E-state index in [0.29, 0.717) is 5.82 Å². The van der Waals surface area contributed by atoms with Crippen LogP contribution in [0.1, 0.15) is 5.56 Å². The van der Waals surface area contributed by atoms with Crippen molar-refractivity contribution in [3.63, 3.8) is 0 Å². The molecule has 0 amide bonds. The zero-order valence-electron chi connectivity index (χ0n) is 10.3. The molecule has 1 heterocycles. The topological polar surface area (TPSA) is 85.7 Å². The van der Waals surface area contributed by atoms with Crippen molar-refractivity contribution >= 4 is 5.71 Å². The van der Waals surface area contributed by atoms with E-state index in [0.717, 1.165) is 23.5 Å². The van der Waals surface area contributed by atoms with Crippen LogP contribution >= 0.6 is 0 Å². The summed E-state index contributed by atoms with van der Waals surface area (Å²) in [5, 5.41) is 17.1. The molecule has 1 aromatic heterocycles. The van der Waals surface area contributed by atoms with Crippen LogP contribution in [0.15, 0.2) is 41.7 Å². The number of aromatic nitrogens is 2. The van der Waals surface area contributed by atoms with Crippen molar-refractivity contribution in [2.75, 3.05) is 0 Å². The lowest BCUT2D eigenvalue weighted by Gasteiger charge is -2.01. The Bertz CT molecular complexity index is 689. The zero-order valence-corrected chi connectivity index (χ0v) is 10.3. The van der Waals surface area contributed by atoms with Crippen molar-refractivity contribution in [2.45, 2.75) is 6.54 Å². The predicted molar refractivity (Wildman–Crippen MR) is 69.8 cm³/mol. The van der Waals surface area contributed by atoms with E-state index in [9.17, 15) is 4.39 Å². The molecule has 0 radical (unpaired) electrons. The molecule has 2 aromatic rings. The van der Waals surface area contributed by atoms with Gasteiger partial charge in [-0.1, -0.05) is 24.3 Å². The van der Waals surface area contributed by atoms with Crippen LogP contribution in [0, 0.1) is 28.5 Å². The maximum Gasteiger partial charge on any atom is 0.213 e. The van der Waals surface area contributed by atoms with E-state index in [-0.39, 0.29) is 12.3 Å². The Balaban J connectivity index is 2.15. The van der Waals surface area contributed by atoms with Gasteiger partial charge in [0.25, 0.3) is 0 Å². The largest absolute Gasteiger partial charge is 0.260 e. The monoisotopic (exact) mass is 265 g/mol. The Labute approximate surface area is 114 Å². The highest BCUT2D eigenvalue weighted by Gasteiger charge is 2.02. The molecule has 0 aliphatic carbocycles. The van der Waals surface area contributed by atoms with Crippen molar-refractivity contribution in [2.24, 2.45) is 4.99 Å². The van der Waals surface area contributed by atoms with Crippen LogP contribution in [-0.2, 0) is 6.54 Å². The smallest absolute Gasteiger partial charge is 0.213 e. The van der Waals surface area contributed by atoms with Crippen LogP contribution in [0.25, 0.3) is 11.4 Å². The lowest BCUT2D eigenvalue weighted by Crippen LogP contribution is -1.92. The predicted octanol–water partition coefficient (Wildman–Crippen LogP) is 2.27. The fourth-order valence-electron chi connectivity index (χ4n) is 1.49. The highest BCUT2D eigenvalue weighted by Crippen LogP contribution is 2.15. The van der Waals surface area contributed by atoms with Crippen LogP contribution in [0.5, 0.6) is 0 Å². The second kappa shape index (κ2) is 6.17. The van der Waals surface area contributed by atoms with Crippen LogP contribution < -0.4 is 0 Å². The number of aliphatic imine (C=N–C) groups is 1. The summed E-state index contributed by atoms with van der Waals surface area (Å²) < 4.78 is 12.7. The fraction of sp³-hybridized carbons (Fsp3) is 0.0714. The van der Waals surface area contributed by atoms with Gasteiger partial charge in [0.15, 0.2) is 11.6 Å². The van der Waals surface area contributed by atoms with Crippen LogP contribution in [0.4, 0.5) is 4.39 Å². The van der Waals surface area contributed by atoms with Gasteiger partial charge in [-0.25, -0.2) is 14.4 Å². The maximum absolute atomic E-state index is 12.7. The van der Waals surface area contributed by atoms with Gasteiger partial charge in [-0.15, -0.1) is 0 Å². The first kappa shape index (κ1) is 13.3. The first-order valence-corrected chi connectivity index (χ1v) is 5.64. The molecule has 1 aromatic carbocycles. The van der Waals surface area contributed by atoms with Gasteiger partial charge in [0.1, 0.15) is 12.1 Å². The van der Waals surface area contributed by atoms with Crippen molar-refractivity contribution in [1.82, 2.24) is 9.97 Å². The molecule has 96 valence electrons. The second-order valence-corrected chi connectivity index (χ2v) is 3.81. The Kier molecular flexibility index (Phi) is 4.10. The van der Waals surface area contributed by atoms with Crippen LogP contribution in [-0.4, -0.2) is 15.7 Å². The summed E-state index contributed by atoms with van der Waals surface area (Å²) in [6.45, 7) is 0.251. The number of nitrogens with zero attached hydrogens (tertiary/aromatic N) is 5. The number of nitriles is 2. The van der Waals surface area contributed by atoms with Gasteiger partial charge in [-0.3, -0.25) is 4.99 Å². The van der Waals surface area contributed by atoms with Gasteiger partial charge in [0.2, 0.25) is 5.71 Å². The molecular weight excluding hydrogens is 257 g/mol. The van der Waals surface area contributed by atoms with E-state index in [2.05, 4.69) is 15.0 Å². The molecule has 0 aliphatic rings. The molecule has 2 rings (SSSR count). The van der Waals surface area contributed by atoms with E-state index >= 15 is 0 Å². The number of rotatable bonds is 3. The average molecular weight is 265 g/mol. The van der Waals surface area contributed by atoms with Crippen molar-refractivity contribution in [1.29, 1.82) is 10.5 Å². The number of hydrogen-bond donors (Lipinski definition) is 0. The minimum absolute atomic E-state index is 0.157. The lowest BCUT2D eigenvalue weighted by molar-refractivity contribution is 0.614. The van der Waals surface area contributed by atoms with Gasteiger partial charge < -0.3 is 0 Å². The van der Waals surface area contributed by atoms with Gasteiger partial charge in [0, 0.05) is 5.56 Å². The maximum atomic E-state index is 12.7. The molecule has 20 heavy (non-hydrogen) atoms. The van der Waals surface area contributed by atoms with E-state index in [1.54, 1.807) is 36.4 Å². The van der Waals surface area contributed by atoms with Gasteiger partial charge in [0.05, 0.1) is 18.9 Å². The molecular formula is C14H8FN5. The Morgan fingerprint density at radius 2 is 1.70 bits per heavy atom. The summed E-state index contributed by atoms with van der Waals surface area (Å²) in [6, 6.07) is 10.5. The molecule has 6 heteroatoms. The number of halogens is 1. The quantitative estimate of drug-likeness (QED) is 0.796. The summed E-state index contributed by atoms with van der Waals surface area (Å²) in [4.78, 5) is 11.6. The molecule has 0 fully saturated rings. The summed E-state index contributed by atoms with van der Waals surface area (Å²) in [6.07, 6.45) is 2.21. The zero-order chi connectivity index (χ0) is 14.4. The lowest BCUT2D eigenvalue weighted by atomic mass is 10.1. The average Bonchev–Trinajstić information content (AvgIpc) is 2.50. The third kappa shape index (κ3) is 3.21. The number of hydrogen-bond acceptors (Lipinski definition) is 5. The summed E-state index contributed by atoms with van der Waals surface area (Å²) in [5.41, 5.74) is 1.44. The normalized spacial score (nSPS) is 9.35. The second-order valence-electron chi connectivity index (χ2n) is 3.81. The van der Waals surface area contributed by atoms with Gasteiger partial charge in [-0.2, -0.15) is 10.5 Å². The highest BCUT2D eigenvalue weighted by atomic mass is 19.1. The first-order valence-electron chi connectivity index (χ1n) is 5.64. The molecule has 0 saturated carbocycles. The molecule has 0 saturated heterocycles. The molecule has 0 bridgehead atoms. The van der Waals surface area contributed by atoms with Crippen molar-refractivity contribution in [3.8, 4) is 23.5 Å². The molecule has 5 nitrogen and oxygen atoms in total. The van der Waals surface area contributed by atoms with Gasteiger partial charge in [-0.05, 0) is 5.56 Å². The molecule has 0 N–H and O–H groups in total. The Morgan fingerprint density at radius 3 is 2.25 bits per heavy atom. The highest BCUT2D eigenvalue weighted by molar-refractivity contribution is 6.10. The van der Waals surface area contributed by atoms with Crippen molar-refractivity contribution in [3.05, 3.63) is 48.0 Å². The van der Waals surface area contributed by atoms with Crippen LogP contribution in [0.3, 0.4) is 0 Å². The van der Waals surface area contributed by atoms with E-state index in [1.165, 1.54) is 0 Å². The summed E-state index contributed by atoms with van der Waals surface area (Å²) >= 11 is 0. The molecule has 0 spiro atoms. The minimum Gasteiger partial charge on any atom is -0.260 e.